The van der Waals surface area contributed by atoms with Crippen LogP contribution in [0.3, 0.4) is 0 Å². The molecule has 0 fully saturated rings. The fraction of sp³-hybridized carbons (Fsp3) is 0.158. The first-order chi connectivity index (χ1) is 14.5. The van der Waals surface area contributed by atoms with Gasteiger partial charge in [-0.3, -0.25) is 20.7 Å². The highest BCUT2D eigenvalue weighted by Gasteiger charge is 2.21. The van der Waals surface area contributed by atoms with E-state index >= 15 is 0 Å². The molecule has 0 amide bonds. The molecule has 3 rings (SSSR count). The minimum Gasteiger partial charge on any atom is -0.491 e. The zero-order chi connectivity index (χ0) is 21.5. The van der Waals surface area contributed by atoms with Gasteiger partial charge in [-0.05, 0) is 35.1 Å². The molecule has 0 aliphatic carbocycles. The molecule has 2 aromatic carbocycles. The average molecular weight is 416 g/mol. The Morgan fingerprint density at radius 2 is 1.93 bits per heavy atom. The summed E-state index contributed by atoms with van der Waals surface area (Å²) in [5.41, 5.74) is 0.614. The maximum absolute atomic E-state index is 14.2. The zero-order valence-corrected chi connectivity index (χ0v) is 15.9. The van der Waals surface area contributed by atoms with Crippen LogP contribution in [-0.2, 0) is 4.74 Å². The van der Waals surface area contributed by atoms with Crippen LogP contribution in [0.2, 0.25) is 0 Å². The molecule has 0 spiro atoms. The summed E-state index contributed by atoms with van der Waals surface area (Å²) in [7, 11) is 1.58. The summed E-state index contributed by atoms with van der Waals surface area (Å²) in [6, 6.07) is 12.3. The largest absolute Gasteiger partial charge is 0.491 e. The standard InChI is InChI=1S/C19H18FN5O5/c1-29-9-10-30-16-7-5-13(6-8-16)23-19-21-12-17(20)18(24(19)26)22-14-3-2-4-15(11-14)25(27)28/h2-8,11-12,26H,9-10H2,1H3,(H,21,22,23)/p+1. The van der Waals surface area contributed by atoms with E-state index in [1.807, 2.05) is 0 Å². The maximum Gasteiger partial charge on any atom is 0.388 e. The number of benzene rings is 2. The van der Waals surface area contributed by atoms with Crippen molar-refractivity contribution < 1.29 is 28.7 Å². The molecule has 3 N–H and O–H groups in total. The normalized spacial score (nSPS) is 10.5. The molecule has 11 heteroatoms. The summed E-state index contributed by atoms with van der Waals surface area (Å²) in [5, 5.41) is 26.8. The lowest BCUT2D eigenvalue weighted by Crippen LogP contribution is -2.38. The van der Waals surface area contributed by atoms with E-state index in [-0.39, 0.29) is 23.1 Å². The van der Waals surface area contributed by atoms with E-state index in [0.29, 0.717) is 29.4 Å². The number of non-ortho nitro benzene ring substituents is 1. The molecule has 30 heavy (non-hydrogen) atoms. The van der Waals surface area contributed by atoms with Crippen LogP contribution in [0.5, 0.6) is 5.75 Å². The minimum atomic E-state index is -0.851. The molecule has 3 aromatic rings. The van der Waals surface area contributed by atoms with Gasteiger partial charge >= 0.3 is 5.95 Å². The SMILES string of the molecule is COCCOc1ccc(Nc2ncc(F)c(Nc3cccc([N+](=O)[O-])c3)[n+]2O)cc1. The average Bonchev–Trinajstić information content (AvgIpc) is 2.75. The van der Waals surface area contributed by atoms with Crippen LogP contribution < -0.4 is 20.1 Å². The van der Waals surface area contributed by atoms with Crippen LogP contribution in [0.15, 0.2) is 54.7 Å². The molecule has 1 aromatic heterocycles. The van der Waals surface area contributed by atoms with Crippen molar-refractivity contribution in [3.05, 3.63) is 70.7 Å². The van der Waals surface area contributed by atoms with Gasteiger partial charge in [-0.25, -0.2) is 0 Å². The molecule has 10 nitrogen and oxygen atoms in total. The molecular formula is C19H19FN5O5+. The third-order valence-electron chi connectivity index (χ3n) is 3.93. The van der Waals surface area contributed by atoms with Gasteiger partial charge in [0.05, 0.1) is 29.0 Å². The number of ether oxygens (including phenoxy) is 2. The number of nitro groups is 1. The van der Waals surface area contributed by atoms with Crippen molar-refractivity contribution in [2.75, 3.05) is 31.0 Å². The summed E-state index contributed by atoms with van der Waals surface area (Å²) in [5.74, 6) is -0.629. The molecule has 0 aliphatic rings. The lowest BCUT2D eigenvalue weighted by molar-refractivity contribution is -0.884. The molecule has 0 radical (unpaired) electrons. The summed E-state index contributed by atoms with van der Waals surface area (Å²) in [6.07, 6.45) is 0.914. The second-order valence-electron chi connectivity index (χ2n) is 6.01. The van der Waals surface area contributed by atoms with Gasteiger partial charge in [-0.1, -0.05) is 6.07 Å². The number of hydrogen-bond acceptors (Lipinski definition) is 8. The van der Waals surface area contributed by atoms with E-state index in [1.54, 1.807) is 31.4 Å². The van der Waals surface area contributed by atoms with E-state index in [9.17, 15) is 19.7 Å². The molecule has 156 valence electrons. The Kier molecular flexibility index (Phi) is 6.55. The molecule has 0 bridgehead atoms. The first-order valence-electron chi connectivity index (χ1n) is 8.78. The predicted octanol–water partition coefficient (Wildman–Crippen LogP) is 3.17. The number of nitrogens with zero attached hydrogens (tertiary/aromatic N) is 3. The van der Waals surface area contributed by atoms with Crippen molar-refractivity contribution in [1.82, 2.24) is 4.98 Å². The van der Waals surface area contributed by atoms with Crippen molar-refractivity contribution in [2.24, 2.45) is 0 Å². The molecular weight excluding hydrogens is 397 g/mol. The van der Waals surface area contributed by atoms with Crippen LogP contribution in [0.4, 0.5) is 33.2 Å². The highest BCUT2D eigenvalue weighted by atomic mass is 19.1. The lowest BCUT2D eigenvalue weighted by atomic mass is 10.3. The van der Waals surface area contributed by atoms with Gasteiger partial charge in [0.2, 0.25) is 5.82 Å². The van der Waals surface area contributed by atoms with E-state index in [4.69, 9.17) is 9.47 Å². The number of hydrogen-bond donors (Lipinski definition) is 3. The van der Waals surface area contributed by atoms with E-state index < -0.39 is 10.7 Å². The Morgan fingerprint density at radius 3 is 2.63 bits per heavy atom. The number of anilines is 4. The fourth-order valence-electron chi connectivity index (χ4n) is 2.48. The first kappa shape index (κ1) is 20.7. The van der Waals surface area contributed by atoms with Crippen LogP contribution in [0.1, 0.15) is 0 Å². The lowest BCUT2D eigenvalue weighted by Gasteiger charge is -2.09. The summed E-state index contributed by atoms with van der Waals surface area (Å²) < 4.78 is 25.1. The third-order valence-corrected chi connectivity index (χ3v) is 3.93. The van der Waals surface area contributed by atoms with E-state index in [0.717, 1.165) is 6.20 Å². The number of aromatic nitrogens is 2. The minimum absolute atomic E-state index is 0.0719. The second kappa shape index (κ2) is 9.47. The molecule has 1 heterocycles. The van der Waals surface area contributed by atoms with Crippen LogP contribution in [0, 0.1) is 15.9 Å². The van der Waals surface area contributed by atoms with E-state index in [1.165, 1.54) is 24.3 Å². The topological polar surface area (TPSA) is 123 Å². The number of rotatable bonds is 9. The predicted molar refractivity (Wildman–Crippen MR) is 105 cm³/mol. The number of nitro benzene ring substituents is 1. The number of halogens is 1. The van der Waals surface area contributed by atoms with Gasteiger partial charge in [-0.2, -0.15) is 4.39 Å². The van der Waals surface area contributed by atoms with Crippen molar-refractivity contribution in [3.63, 3.8) is 0 Å². The van der Waals surface area contributed by atoms with Crippen molar-refractivity contribution in [1.29, 1.82) is 0 Å². The maximum atomic E-state index is 14.2. The van der Waals surface area contributed by atoms with Crippen LogP contribution >= 0.6 is 0 Å². The van der Waals surface area contributed by atoms with Crippen molar-refractivity contribution in [2.45, 2.75) is 0 Å². The van der Waals surface area contributed by atoms with Crippen LogP contribution in [0.25, 0.3) is 0 Å². The Hall–Kier alpha value is -3.99. The Labute approximate surface area is 170 Å². The molecule has 0 unspecified atom stereocenters. The van der Waals surface area contributed by atoms with Crippen molar-refractivity contribution in [3.8, 4) is 5.75 Å². The van der Waals surface area contributed by atoms with Crippen molar-refractivity contribution >= 4 is 28.8 Å². The summed E-state index contributed by atoms with van der Waals surface area (Å²) in [4.78, 5) is 14.2. The first-order valence-corrected chi connectivity index (χ1v) is 8.78. The monoisotopic (exact) mass is 416 g/mol. The van der Waals surface area contributed by atoms with Gasteiger partial charge in [-0.15, -0.1) is 4.98 Å². The van der Waals surface area contributed by atoms with Gasteiger partial charge in [0.1, 0.15) is 18.6 Å². The Morgan fingerprint density at radius 1 is 1.17 bits per heavy atom. The highest BCUT2D eigenvalue weighted by molar-refractivity contribution is 5.59. The molecule has 0 aliphatic heterocycles. The molecule has 0 saturated carbocycles. The number of nitrogens with one attached hydrogen (secondary N) is 2. The number of methoxy groups -OCH3 is 1. The van der Waals surface area contributed by atoms with Gasteiger partial charge in [0.25, 0.3) is 11.5 Å². The Balaban J connectivity index is 1.77. The van der Waals surface area contributed by atoms with Gasteiger partial charge in [0.15, 0.2) is 0 Å². The highest BCUT2D eigenvalue weighted by Crippen LogP contribution is 2.23. The van der Waals surface area contributed by atoms with Gasteiger partial charge < -0.3 is 14.7 Å². The Bertz CT molecular complexity index is 1030. The van der Waals surface area contributed by atoms with Crippen LogP contribution in [-0.4, -0.2) is 35.4 Å². The smallest absolute Gasteiger partial charge is 0.388 e. The summed E-state index contributed by atoms with van der Waals surface area (Å²) in [6.45, 7) is 0.872. The summed E-state index contributed by atoms with van der Waals surface area (Å²) >= 11 is 0. The quantitative estimate of drug-likeness (QED) is 0.160. The zero-order valence-electron chi connectivity index (χ0n) is 15.9. The van der Waals surface area contributed by atoms with Gasteiger partial charge in [0, 0.05) is 13.2 Å². The molecule has 0 atom stereocenters. The second-order valence-corrected chi connectivity index (χ2v) is 6.01. The van der Waals surface area contributed by atoms with E-state index in [2.05, 4.69) is 15.6 Å². The molecule has 0 saturated heterocycles. The fourth-order valence-corrected chi connectivity index (χ4v) is 2.48. The third kappa shape index (κ3) is 5.08.